The smallest absolute Gasteiger partial charge is 0.0482 e. The molecule has 0 fully saturated rings. The second-order valence-corrected chi connectivity index (χ2v) is 2.97. The van der Waals surface area contributed by atoms with Gasteiger partial charge in [-0.15, -0.1) is 0 Å². The van der Waals surface area contributed by atoms with Gasteiger partial charge in [0.25, 0.3) is 0 Å². The van der Waals surface area contributed by atoms with E-state index in [1.807, 2.05) is 63.6 Å². The maximum Gasteiger partial charge on any atom is 0.0482 e. The monoisotopic (exact) mass is 245 g/mol. The average molecular weight is 245 g/mol. The molecule has 0 N–H and O–H groups in total. The van der Waals surface area contributed by atoms with E-state index in [9.17, 15) is 0 Å². The molecule has 0 radical (unpaired) electrons. The van der Waals surface area contributed by atoms with Crippen LogP contribution in [0.3, 0.4) is 0 Å². The van der Waals surface area contributed by atoms with Crippen LogP contribution in [0.4, 0.5) is 0 Å². The Morgan fingerprint density at radius 2 is 0.944 bits per heavy atom. The SMILES string of the molecule is C=Cc1c(C=C)c(C=C)n(C)c1C=C.CC.CC. The van der Waals surface area contributed by atoms with Gasteiger partial charge in [-0.05, 0) is 12.2 Å². The molecule has 0 aromatic carbocycles. The maximum atomic E-state index is 3.79. The van der Waals surface area contributed by atoms with Crippen LogP contribution in [-0.4, -0.2) is 4.57 Å². The third kappa shape index (κ3) is 3.63. The van der Waals surface area contributed by atoms with Crippen LogP contribution in [0.2, 0.25) is 0 Å². The van der Waals surface area contributed by atoms with E-state index in [1.165, 1.54) is 0 Å². The average Bonchev–Trinajstić information content (AvgIpc) is 2.73. The summed E-state index contributed by atoms with van der Waals surface area (Å²) < 4.78 is 2.04. The summed E-state index contributed by atoms with van der Waals surface area (Å²) in [5.74, 6) is 0. The molecule has 1 aromatic heterocycles. The van der Waals surface area contributed by atoms with Crippen LogP contribution in [0.15, 0.2) is 26.3 Å². The number of nitrogens with zero attached hydrogens (tertiary/aromatic N) is 1. The summed E-state index contributed by atoms with van der Waals surface area (Å²) in [6, 6.07) is 0. The first-order chi connectivity index (χ1) is 8.71. The Labute approximate surface area is 113 Å². The van der Waals surface area contributed by atoms with E-state index in [4.69, 9.17) is 0 Å². The largest absolute Gasteiger partial charge is 0.344 e. The molecule has 0 spiro atoms. The van der Waals surface area contributed by atoms with Gasteiger partial charge >= 0.3 is 0 Å². The molecular formula is C17H27N. The molecule has 18 heavy (non-hydrogen) atoms. The molecule has 0 unspecified atom stereocenters. The Bertz CT molecular complexity index is 368. The summed E-state index contributed by atoms with van der Waals surface area (Å²) in [6.45, 7) is 23.2. The van der Waals surface area contributed by atoms with Gasteiger partial charge in [0.15, 0.2) is 0 Å². The van der Waals surface area contributed by atoms with E-state index in [2.05, 4.69) is 26.3 Å². The molecule has 1 heterocycles. The van der Waals surface area contributed by atoms with Gasteiger partial charge in [-0.1, -0.05) is 66.2 Å². The third-order valence-corrected chi connectivity index (χ3v) is 2.36. The summed E-state index contributed by atoms with van der Waals surface area (Å²) in [6.07, 6.45) is 7.27. The number of hydrogen-bond acceptors (Lipinski definition) is 0. The topological polar surface area (TPSA) is 4.93 Å². The Balaban J connectivity index is 0. The molecule has 0 bridgehead atoms. The highest BCUT2D eigenvalue weighted by Gasteiger charge is 2.12. The van der Waals surface area contributed by atoms with Crippen LogP contribution in [-0.2, 0) is 7.05 Å². The lowest BCUT2D eigenvalue weighted by atomic mass is 10.1. The molecule has 0 aliphatic rings. The van der Waals surface area contributed by atoms with E-state index in [0.29, 0.717) is 0 Å². The van der Waals surface area contributed by atoms with Crippen molar-refractivity contribution in [1.82, 2.24) is 4.57 Å². The predicted octanol–water partition coefficient (Wildman–Crippen LogP) is 5.65. The van der Waals surface area contributed by atoms with Crippen LogP contribution in [0.1, 0.15) is 50.2 Å². The zero-order valence-corrected chi connectivity index (χ0v) is 12.6. The van der Waals surface area contributed by atoms with Gasteiger partial charge < -0.3 is 4.57 Å². The first-order valence-electron chi connectivity index (χ1n) is 6.43. The third-order valence-electron chi connectivity index (χ3n) is 2.36. The van der Waals surface area contributed by atoms with E-state index in [-0.39, 0.29) is 0 Å². The molecule has 1 aromatic rings. The lowest BCUT2D eigenvalue weighted by molar-refractivity contribution is 0.901. The van der Waals surface area contributed by atoms with E-state index >= 15 is 0 Å². The fourth-order valence-electron chi connectivity index (χ4n) is 1.69. The van der Waals surface area contributed by atoms with Crippen molar-refractivity contribution in [2.45, 2.75) is 27.7 Å². The quantitative estimate of drug-likeness (QED) is 0.646. The minimum absolute atomic E-state index is 1.05. The Morgan fingerprint density at radius 1 is 0.667 bits per heavy atom. The van der Waals surface area contributed by atoms with Gasteiger partial charge in [0, 0.05) is 29.6 Å². The van der Waals surface area contributed by atoms with Crippen molar-refractivity contribution in [1.29, 1.82) is 0 Å². The fourth-order valence-corrected chi connectivity index (χ4v) is 1.69. The predicted molar refractivity (Wildman–Crippen MR) is 88.5 cm³/mol. The minimum Gasteiger partial charge on any atom is -0.344 e. The first kappa shape index (κ1) is 18.6. The Morgan fingerprint density at radius 3 is 1.11 bits per heavy atom. The first-order valence-corrected chi connectivity index (χ1v) is 6.43. The van der Waals surface area contributed by atoms with Crippen LogP contribution < -0.4 is 0 Å². The highest BCUT2D eigenvalue weighted by molar-refractivity contribution is 5.78. The van der Waals surface area contributed by atoms with Crippen LogP contribution in [0, 0.1) is 0 Å². The standard InChI is InChI=1S/C13H15N.2C2H6/c1-6-10-11(7-2)13(9-4)14(5)12(10)8-3;2*1-2/h6-9H,1-4H2,5H3;2*1-2H3. The summed E-state index contributed by atoms with van der Waals surface area (Å²) in [5, 5.41) is 0. The molecule has 0 saturated heterocycles. The zero-order valence-electron chi connectivity index (χ0n) is 12.6. The second-order valence-electron chi connectivity index (χ2n) is 2.97. The fraction of sp³-hybridized carbons (Fsp3) is 0.294. The van der Waals surface area contributed by atoms with Gasteiger partial charge in [-0.3, -0.25) is 0 Å². The molecule has 0 aliphatic heterocycles. The van der Waals surface area contributed by atoms with Crippen LogP contribution in [0.5, 0.6) is 0 Å². The molecule has 1 rings (SSSR count). The Kier molecular flexibility index (Phi) is 10.7. The van der Waals surface area contributed by atoms with Crippen LogP contribution in [0.25, 0.3) is 24.3 Å². The Hall–Kier alpha value is -1.76. The van der Waals surface area contributed by atoms with Crippen molar-refractivity contribution in [3.05, 3.63) is 48.8 Å². The molecule has 100 valence electrons. The van der Waals surface area contributed by atoms with E-state index in [1.54, 1.807) is 0 Å². The van der Waals surface area contributed by atoms with Crippen molar-refractivity contribution >= 4 is 24.3 Å². The van der Waals surface area contributed by atoms with Gasteiger partial charge in [-0.25, -0.2) is 0 Å². The summed E-state index contributed by atoms with van der Waals surface area (Å²) in [4.78, 5) is 0. The van der Waals surface area contributed by atoms with Crippen LogP contribution >= 0.6 is 0 Å². The lowest BCUT2D eigenvalue weighted by Crippen LogP contribution is -1.93. The molecule has 0 saturated carbocycles. The second kappa shape index (κ2) is 10.4. The molecule has 1 nitrogen and oxygen atoms in total. The van der Waals surface area contributed by atoms with Crippen molar-refractivity contribution in [2.75, 3.05) is 0 Å². The van der Waals surface area contributed by atoms with Gasteiger partial charge in [0.1, 0.15) is 0 Å². The van der Waals surface area contributed by atoms with E-state index < -0.39 is 0 Å². The molecule has 0 atom stereocenters. The van der Waals surface area contributed by atoms with E-state index in [0.717, 1.165) is 22.5 Å². The van der Waals surface area contributed by atoms with Gasteiger partial charge in [0.05, 0.1) is 0 Å². The zero-order chi connectivity index (χ0) is 14.7. The number of aromatic nitrogens is 1. The summed E-state index contributed by atoms with van der Waals surface area (Å²) in [5.41, 5.74) is 4.22. The number of rotatable bonds is 4. The van der Waals surface area contributed by atoms with Crippen molar-refractivity contribution in [3.8, 4) is 0 Å². The summed E-state index contributed by atoms with van der Waals surface area (Å²) in [7, 11) is 1.98. The van der Waals surface area contributed by atoms with Crippen molar-refractivity contribution in [2.24, 2.45) is 7.05 Å². The van der Waals surface area contributed by atoms with Crippen molar-refractivity contribution < 1.29 is 0 Å². The summed E-state index contributed by atoms with van der Waals surface area (Å²) >= 11 is 0. The highest BCUT2D eigenvalue weighted by atomic mass is 15.0. The molecule has 0 aliphatic carbocycles. The number of hydrogen-bond donors (Lipinski definition) is 0. The molecule has 1 heteroatoms. The normalized spacial score (nSPS) is 8.06. The minimum atomic E-state index is 1.05. The van der Waals surface area contributed by atoms with Gasteiger partial charge in [0.2, 0.25) is 0 Å². The lowest BCUT2D eigenvalue weighted by Gasteiger charge is -2.00. The highest BCUT2D eigenvalue weighted by Crippen LogP contribution is 2.26. The van der Waals surface area contributed by atoms with Crippen molar-refractivity contribution in [3.63, 3.8) is 0 Å². The molecular weight excluding hydrogens is 218 g/mol. The van der Waals surface area contributed by atoms with Gasteiger partial charge in [-0.2, -0.15) is 0 Å². The molecule has 0 amide bonds. The maximum absolute atomic E-state index is 3.79.